The van der Waals surface area contributed by atoms with Crippen LogP contribution in [0.1, 0.15) is 29.8 Å². The summed E-state index contributed by atoms with van der Waals surface area (Å²) in [7, 11) is -0.391. The zero-order chi connectivity index (χ0) is 17.1. The van der Waals surface area contributed by atoms with Gasteiger partial charge in [-0.1, -0.05) is 72.8 Å². The van der Waals surface area contributed by atoms with E-state index in [0.717, 1.165) is 16.8 Å². The minimum absolute atomic E-state index is 0.000772. The summed E-state index contributed by atoms with van der Waals surface area (Å²) >= 11 is 4.36. The first-order chi connectivity index (χ1) is 12.3. The Morgan fingerprint density at radius 2 is 1.16 bits per heavy atom. The van der Waals surface area contributed by atoms with Crippen LogP contribution in [0, 0.1) is 0 Å². The molecule has 2 nitrogen and oxygen atoms in total. The van der Waals surface area contributed by atoms with E-state index in [1.807, 2.05) is 36.4 Å². The molecule has 0 N–H and O–H groups in total. The summed E-state index contributed by atoms with van der Waals surface area (Å²) in [5.74, 6) is 0. The predicted molar refractivity (Wildman–Crippen MR) is 104 cm³/mol. The van der Waals surface area contributed by atoms with Gasteiger partial charge in [0.15, 0.2) is 0 Å². The van der Waals surface area contributed by atoms with Gasteiger partial charge in [0.05, 0.1) is 12.2 Å². The largest absolute Gasteiger partial charge is 0.494 e. The van der Waals surface area contributed by atoms with Crippen molar-refractivity contribution in [3.8, 4) is 0 Å². The Labute approximate surface area is 154 Å². The maximum atomic E-state index is 6.30. The molecule has 124 valence electrons. The number of thiol groups is 1. The number of hydrogen-bond acceptors (Lipinski definition) is 3. The highest BCUT2D eigenvalue weighted by atomic mass is 32.1. The van der Waals surface area contributed by atoms with E-state index in [4.69, 9.17) is 9.31 Å². The summed E-state index contributed by atoms with van der Waals surface area (Å²) in [6.07, 6.45) is 0.802. The molecule has 0 spiro atoms. The zero-order valence-corrected chi connectivity index (χ0v) is 14.7. The molecule has 1 heterocycles. The van der Waals surface area contributed by atoms with Gasteiger partial charge in [-0.25, -0.2) is 0 Å². The van der Waals surface area contributed by atoms with E-state index in [1.165, 1.54) is 11.1 Å². The van der Waals surface area contributed by atoms with Crippen LogP contribution in [-0.2, 0) is 9.31 Å². The van der Waals surface area contributed by atoms with Crippen LogP contribution in [-0.4, -0.2) is 7.12 Å². The second kappa shape index (κ2) is 7.48. The van der Waals surface area contributed by atoms with Gasteiger partial charge in [0, 0.05) is 11.3 Å². The normalized spacial score (nSPS) is 20.4. The first-order valence-corrected chi connectivity index (χ1v) is 8.94. The summed E-state index contributed by atoms with van der Waals surface area (Å²) in [5.41, 5.74) is 3.38. The van der Waals surface area contributed by atoms with Gasteiger partial charge in [-0.2, -0.15) is 0 Å². The zero-order valence-electron chi connectivity index (χ0n) is 13.8. The van der Waals surface area contributed by atoms with Gasteiger partial charge in [0.1, 0.15) is 0 Å². The van der Waals surface area contributed by atoms with Crippen LogP contribution in [0.15, 0.2) is 89.8 Å². The molecule has 3 aromatic carbocycles. The van der Waals surface area contributed by atoms with Gasteiger partial charge >= 0.3 is 7.12 Å². The molecular formula is C21H19BO2S. The van der Waals surface area contributed by atoms with E-state index in [0.29, 0.717) is 0 Å². The molecule has 2 atom stereocenters. The molecule has 1 saturated heterocycles. The maximum Gasteiger partial charge on any atom is 0.494 e. The van der Waals surface area contributed by atoms with Gasteiger partial charge < -0.3 is 9.31 Å². The maximum absolute atomic E-state index is 6.30. The first kappa shape index (κ1) is 16.5. The predicted octanol–water partition coefficient (Wildman–Crippen LogP) is 4.59. The number of benzene rings is 3. The Morgan fingerprint density at radius 3 is 1.64 bits per heavy atom. The van der Waals surface area contributed by atoms with E-state index < -0.39 is 7.12 Å². The van der Waals surface area contributed by atoms with Crippen molar-refractivity contribution in [1.29, 1.82) is 0 Å². The fourth-order valence-corrected chi connectivity index (χ4v) is 3.34. The Hall–Kier alpha value is -2.01. The molecule has 3 aromatic rings. The minimum atomic E-state index is -0.391. The van der Waals surface area contributed by atoms with Gasteiger partial charge in [-0.05, 0) is 28.7 Å². The molecule has 0 bridgehead atoms. The standard InChI is InChI=1S/C21H19BO2S/c25-19-13-11-18(12-14-19)22-23-20(16-7-3-1-4-8-16)15-21(24-22)17-9-5-2-6-10-17/h1-14,20-21,25H,15H2. The summed E-state index contributed by atoms with van der Waals surface area (Å²) in [6, 6.07) is 28.7. The van der Waals surface area contributed by atoms with Crippen LogP contribution >= 0.6 is 12.6 Å². The van der Waals surface area contributed by atoms with Crippen LogP contribution in [0.25, 0.3) is 0 Å². The molecule has 0 amide bonds. The highest BCUT2D eigenvalue weighted by molar-refractivity contribution is 7.80. The van der Waals surface area contributed by atoms with Crippen LogP contribution in [0.4, 0.5) is 0 Å². The van der Waals surface area contributed by atoms with E-state index in [-0.39, 0.29) is 12.2 Å². The molecule has 25 heavy (non-hydrogen) atoms. The molecule has 2 unspecified atom stereocenters. The molecule has 0 aliphatic carbocycles. The van der Waals surface area contributed by atoms with Crippen LogP contribution in [0.5, 0.6) is 0 Å². The van der Waals surface area contributed by atoms with Crippen molar-refractivity contribution in [2.45, 2.75) is 23.5 Å². The third-order valence-corrected chi connectivity index (χ3v) is 4.81. The van der Waals surface area contributed by atoms with Crippen molar-refractivity contribution in [2.24, 2.45) is 0 Å². The van der Waals surface area contributed by atoms with Gasteiger partial charge in [-0.15, -0.1) is 12.6 Å². The number of hydrogen-bond donors (Lipinski definition) is 1. The van der Waals surface area contributed by atoms with E-state index >= 15 is 0 Å². The summed E-state index contributed by atoms with van der Waals surface area (Å²) in [5, 5.41) is 0. The Morgan fingerprint density at radius 1 is 0.680 bits per heavy atom. The summed E-state index contributed by atoms with van der Waals surface area (Å²) in [4.78, 5) is 0.929. The van der Waals surface area contributed by atoms with Gasteiger partial charge in [0.2, 0.25) is 0 Å². The lowest BCUT2D eigenvalue weighted by atomic mass is 9.75. The summed E-state index contributed by atoms with van der Waals surface area (Å²) in [6.45, 7) is 0. The number of rotatable bonds is 3. The van der Waals surface area contributed by atoms with Gasteiger partial charge in [-0.3, -0.25) is 0 Å². The fraction of sp³-hybridized carbons (Fsp3) is 0.143. The van der Waals surface area contributed by atoms with Crippen LogP contribution in [0.2, 0.25) is 0 Å². The molecule has 4 rings (SSSR count). The monoisotopic (exact) mass is 346 g/mol. The highest BCUT2D eigenvalue weighted by Crippen LogP contribution is 2.37. The molecule has 0 saturated carbocycles. The van der Waals surface area contributed by atoms with Crippen molar-refractivity contribution in [1.82, 2.24) is 0 Å². The summed E-state index contributed by atoms with van der Waals surface area (Å²) < 4.78 is 12.6. The van der Waals surface area contributed by atoms with E-state index in [2.05, 4.69) is 61.2 Å². The molecule has 0 radical (unpaired) electrons. The lowest BCUT2D eigenvalue weighted by molar-refractivity contribution is 0.0206. The van der Waals surface area contributed by atoms with Crippen molar-refractivity contribution >= 4 is 25.2 Å². The molecule has 4 heteroatoms. The van der Waals surface area contributed by atoms with Crippen molar-refractivity contribution in [2.75, 3.05) is 0 Å². The van der Waals surface area contributed by atoms with E-state index in [1.54, 1.807) is 0 Å². The Balaban J connectivity index is 1.66. The second-order valence-corrected chi connectivity index (χ2v) is 6.75. The van der Waals surface area contributed by atoms with E-state index in [9.17, 15) is 0 Å². The van der Waals surface area contributed by atoms with Crippen LogP contribution in [0.3, 0.4) is 0 Å². The molecule has 1 aliphatic rings. The molecule has 0 aromatic heterocycles. The van der Waals surface area contributed by atoms with Crippen molar-refractivity contribution in [3.63, 3.8) is 0 Å². The third kappa shape index (κ3) is 3.82. The average molecular weight is 346 g/mol. The first-order valence-electron chi connectivity index (χ1n) is 8.49. The Kier molecular flexibility index (Phi) is 4.93. The SMILES string of the molecule is Sc1ccc(B2OC(c3ccccc3)CC(c3ccccc3)O2)cc1. The van der Waals surface area contributed by atoms with Gasteiger partial charge in [0.25, 0.3) is 0 Å². The Bertz CT molecular complexity index is 761. The third-order valence-electron chi connectivity index (χ3n) is 4.51. The highest BCUT2D eigenvalue weighted by Gasteiger charge is 2.36. The fourth-order valence-electron chi connectivity index (χ4n) is 3.19. The van der Waals surface area contributed by atoms with Crippen molar-refractivity contribution in [3.05, 3.63) is 96.1 Å². The van der Waals surface area contributed by atoms with Crippen LogP contribution < -0.4 is 5.46 Å². The lowest BCUT2D eigenvalue weighted by Crippen LogP contribution is -2.43. The smallest absolute Gasteiger partial charge is 0.400 e. The molecule has 1 fully saturated rings. The second-order valence-electron chi connectivity index (χ2n) is 6.23. The molecular weight excluding hydrogens is 327 g/mol. The minimum Gasteiger partial charge on any atom is -0.400 e. The van der Waals surface area contributed by atoms with Crippen molar-refractivity contribution < 1.29 is 9.31 Å². The molecule has 1 aliphatic heterocycles. The quantitative estimate of drug-likeness (QED) is 0.552. The lowest BCUT2D eigenvalue weighted by Gasteiger charge is -2.35. The average Bonchev–Trinajstić information content (AvgIpc) is 2.69. The topological polar surface area (TPSA) is 18.5 Å².